The summed E-state index contributed by atoms with van der Waals surface area (Å²) in [5.41, 5.74) is 4.03. The number of anilines is 1. The highest BCUT2D eigenvalue weighted by atomic mass is 35.5. The van der Waals surface area contributed by atoms with Crippen molar-refractivity contribution in [3.05, 3.63) is 65.2 Å². The largest absolute Gasteiger partial charge is 0.467 e. The molecule has 0 radical (unpaired) electrons. The van der Waals surface area contributed by atoms with Gasteiger partial charge in [-0.1, -0.05) is 43.5 Å². The predicted molar refractivity (Wildman–Crippen MR) is 124 cm³/mol. The molecule has 1 aliphatic rings. The molecule has 7 heteroatoms. The summed E-state index contributed by atoms with van der Waals surface area (Å²) in [4.78, 5) is 23.3. The maximum atomic E-state index is 12.1. The molecule has 31 heavy (non-hydrogen) atoms. The Morgan fingerprint density at radius 2 is 1.68 bits per heavy atom. The maximum absolute atomic E-state index is 12.1. The Morgan fingerprint density at radius 1 is 1.03 bits per heavy atom. The van der Waals surface area contributed by atoms with Gasteiger partial charge in [0.1, 0.15) is 0 Å². The van der Waals surface area contributed by atoms with Gasteiger partial charge in [0.05, 0.1) is 13.7 Å². The van der Waals surface area contributed by atoms with Crippen LogP contribution in [0.15, 0.2) is 48.5 Å². The number of halogens is 1. The lowest BCUT2D eigenvalue weighted by Crippen LogP contribution is -2.37. The lowest BCUT2D eigenvalue weighted by Gasteiger charge is -2.22. The average molecular weight is 447 g/mol. The van der Waals surface area contributed by atoms with E-state index in [2.05, 4.69) is 39.6 Å². The molecule has 2 aromatic rings. The predicted octanol–water partition coefficient (Wildman–Crippen LogP) is 4.03. The van der Waals surface area contributed by atoms with Crippen LogP contribution in [0.25, 0.3) is 0 Å². The molecule has 1 amide bonds. The van der Waals surface area contributed by atoms with Gasteiger partial charge in [-0.25, -0.2) is 4.79 Å². The van der Waals surface area contributed by atoms with Gasteiger partial charge in [0.2, 0.25) is 0 Å². The molecule has 6 nitrogen and oxygen atoms in total. The minimum absolute atomic E-state index is 0. The molecule has 0 aliphatic heterocycles. The summed E-state index contributed by atoms with van der Waals surface area (Å²) in [6.07, 6.45) is 5.27. The molecule has 2 aromatic carbocycles. The van der Waals surface area contributed by atoms with E-state index in [-0.39, 0.29) is 24.9 Å². The minimum atomic E-state index is -1.37. The van der Waals surface area contributed by atoms with Crippen LogP contribution < -0.4 is 10.6 Å². The molecule has 0 bridgehead atoms. The van der Waals surface area contributed by atoms with Gasteiger partial charge < -0.3 is 20.5 Å². The van der Waals surface area contributed by atoms with Crippen molar-refractivity contribution in [2.75, 3.05) is 19.0 Å². The summed E-state index contributed by atoms with van der Waals surface area (Å²) < 4.78 is 4.42. The average Bonchev–Trinajstić information content (AvgIpc) is 2.81. The topological polar surface area (TPSA) is 87.7 Å². The van der Waals surface area contributed by atoms with Gasteiger partial charge in [-0.05, 0) is 54.2 Å². The number of aliphatic hydroxyl groups excluding tert-OH is 1. The number of hydrogen-bond donors (Lipinski definition) is 3. The zero-order valence-corrected chi connectivity index (χ0v) is 18.6. The van der Waals surface area contributed by atoms with Crippen molar-refractivity contribution in [3.8, 4) is 0 Å². The van der Waals surface area contributed by atoms with Crippen LogP contribution in [0, 0.1) is 0 Å². The second-order valence-electron chi connectivity index (χ2n) is 7.76. The smallest absolute Gasteiger partial charge is 0.336 e. The molecule has 1 aliphatic carbocycles. The second kappa shape index (κ2) is 12.3. The molecule has 1 saturated carbocycles. The minimum Gasteiger partial charge on any atom is -0.467 e. The molecule has 0 saturated heterocycles. The zero-order chi connectivity index (χ0) is 21.3. The third-order valence-electron chi connectivity index (χ3n) is 5.63. The first-order chi connectivity index (χ1) is 14.6. The molecular formula is C24H31ClN2O4. The van der Waals surface area contributed by atoms with E-state index in [0.29, 0.717) is 18.0 Å². The van der Waals surface area contributed by atoms with Crippen LogP contribution >= 0.6 is 12.4 Å². The van der Waals surface area contributed by atoms with Crippen LogP contribution in [0.2, 0.25) is 0 Å². The van der Waals surface area contributed by atoms with Crippen LogP contribution in [0.1, 0.15) is 59.5 Å². The Hall–Kier alpha value is -2.57. The first kappa shape index (κ1) is 24.7. The lowest BCUT2D eigenvalue weighted by molar-refractivity contribution is -0.149. The Morgan fingerprint density at radius 3 is 2.29 bits per heavy atom. The fourth-order valence-corrected chi connectivity index (χ4v) is 3.80. The number of carbonyl (C=O) groups excluding carboxylic acids is 2. The summed E-state index contributed by atoms with van der Waals surface area (Å²) in [6, 6.07) is 16.0. The SMILES string of the molecule is COC(=O)[C@H](O)CNC(=O)c1ccc(CNc2ccc(C3CCCCC3)cc2)cc1.Cl. The Kier molecular flexibility index (Phi) is 9.82. The number of ether oxygens (including phenoxy) is 1. The number of amides is 1. The molecule has 168 valence electrons. The van der Waals surface area contributed by atoms with Gasteiger partial charge in [0.25, 0.3) is 5.91 Å². The number of carbonyl (C=O) groups is 2. The van der Waals surface area contributed by atoms with Crippen molar-refractivity contribution in [2.24, 2.45) is 0 Å². The third kappa shape index (κ3) is 7.26. The van der Waals surface area contributed by atoms with Gasteiger partial charge in [-0.2, -0.15) is 0 Å². The van der Waals surface area contributed by atoms with E-state index in [0.717, 1.165) is 11.3 Å². The second-order valence-corrected chi connectivity index (χ2v) is 7.76. The van der Waals surface area contributed by atoms with Crippen molar-refractivity contribution in [3.63, 3.8) is 0 Å². The Bertz CT molecular complexity index is 834. The van der Waals surface area contributed by atoms with Crippen molar-refractivity contribution < 1.29 is 19.4 Å². The van der Waals surface area contributed by atoms with Crippen molar-refractivity contribution in [1.29, 1.82) is 0 Å². The molecule has 1 atom stereocenters. The van der Waals surface area contributed by atoms with E-state index in [1.165, 1.54) is 44.8 Å². The van der Waals surface area contributed by atoms with Crippen LogP contribution in [-0.4, -0.2) is 36.7 Å². The Balaban J connectivity index is 0.00000341. The van der Waals surface area contributed by atoms with E-state index < -0.39 is 12.1 Å². The highest BCUT2D eigenvalue weighted by Gasteiger charge is 2.17. The molecule has 0 heterocycles. The number of hydrogen-bond acceptors (Lipinski definition) is 5. The molecule has 0 unspecified atom stereocenters. The number of benzene rings is 2. The van der Waals surface area contributed by atoms with Crippen molar-refractivity contribution in [2.45, 2.75) is 50.7 Å². The molecular weight excluding hydrogens is 416 g/mol. The normalized spacial score (nSPS) is 14.8. The third-order valence-corrected chi connectivity index (χ3v) is 5.63. The highest BCUT2D eigenvalue weighted by molar-refractivity contribution is 5.94. The Labute approximate surface area is 189 Å². The highest BCUT2D eigenvalue weighted by Crippen LogP contribution is 2.33. The van der Waals surface area contributed by atoms with Gasteiger partial charge in [0, 0.05) is 17.8 Å². The van der Waals surface area contributed by atoms with Crippen LogP contribution in [0.5, 0.6) is 0 Å². The molecule has 0 spiro atoms. The molecule has 0 aromatic heterocycles. The summed E-state index contributed by atoms with van der Waals surface area (Å²) in [5, 5.41) is 15.5. The summed E-state index contributed by atoms with van der Waals surface area (Å²) in [5.74, 6) is -0.417. The summed E-state index contributed by atoms with van der Waals surface area (Å²) >= 11 is 0. The standard InChI is InChI=1S/C24H30N2O4.ClH/c1-30-24(29)22(27)16-26-23(28)20-9-7-17(8-10-20)15-25-21-13-11-19(12-14-21)18-5-3-2-4-6-18;/h7-14,18,22,25,27H,2-6,15-16H2,1H3,(H,26,28);1H/t22-;/m1./s1. The number of rotatable bonds is 8. The van der Waals surface area contributed by atoms with Crippen LogP contribution in [0.4, 0.5) is 5.69 Å². The number of methoxy groups -OCH3 is 1. The maximum Gasteiger partial charge on any atom is 0.336 e. The van der Waals surface area contributed by atoms with E-state index in [9.17, 15) is 14.7 Å². The molecule has 3 rings (SSSR count). The fraction of sp³-hybridized carbons (Fsp3) is 0.417. The van der Waals surface area contributed by atoms with Crippen molar-refractivity contribution in [1.82, 2.24) is 5.32 Å². The van der Waals surface area contributed by atoms with Crippen LogP contribution in [-0.2, 0) is 16.1 Å². The van der Waals surface area contributed by atoms with E-state index >= 15 is 0 Å². The van der Waals surface area contributed by atoms with E-state index in [4.69, 9.17) is 0 Å². The summed E-state index contributed by atoms with van der Waals surface area (Å²) in [7, 11) is 1.19. The first-order valence-corrected chi connectivity index (χ1v) is 10.5. The van der Waals surface area contributed by atoms with Gasteiger partial charge in [-0.3, -0.25) is 4.79 Å². The van der Waals surface area contributed by atoms with Gasteiger partial charge in [0.15, 0.2) is 6.10 Å². The van der Waals surface area contributed by atoms with Crippen LogP contribution in [0.3, 0.4) is 0 Å². The van der Waals surface area contributed by atoms with E-state index in [1.807, 2.05) is 12.1 Å². The first-order valence-electron chi connectivity index (χ1n) is 10.5. The summed E-state index contributed by atoms with van der Waals surface area (Å²) in [6.45, 7) is 0.470. The zero-order valence-electron chi connectivity index (χ0n) is 17.8. The molecule has 1 fully saturated rings. The number of nitrogens with one attached hydrogen (secondary N) is 2. The number of esters is 1. The lowest BCUT2D eigenvalue weighted by atomic mass is 9.84. The van der Waals surface area contributed by atoms with Crippen molar-refractivity contribution >= 4 is 30.0 Å². The number of aliphatic hydroxyl groups is 1. The fourth-order valence-electron chi connectivity index (χ4n) is 3.80. The van der Waals surface area contributed by atoms with E-state index in [1.54, 1.807) is 12.1 Å². The van der Waals surface area contributed by atoms with Gasteiger partial charge in [-0.15, -0.1) is 12.4 Å². The quantitative estimate of drug-likeness (QED) is 0.533. The van der Waals surface area contributed by atoms with Gasteiger partial charge >= 0.3 is 5.97 Å². The molecule has 3 N–H and O–H groups in total. The monoisotopic (exact) mass is 446 g/mol.